The van der Waals surface area contributed by atoms with Gasteiger partial charge in [0, 0.05) is 16.1 Å². The van der Waals surface area contributed by atoms with E-state index in [1.807, 2.05) is 0 Å². The van der Waals surface area contributed by atoms with E-state index in [4.69, 9.17) is 11.6 Å². The van der Waals surface area contributed by atoms with Gasteiger partial charge in [-0.2, -0.15) is 0 Å². The lowest BCUT2D eigenvalue weighted by atomic mass is 10.1. The lowest BCUT2D eigenvalue weighted by molar-refractivity contribution is 0.102. The Balaban J connectivity index is 1.99. The summed E-state index contributed by atoms with van der Waals surface area (Å²) in [7, 11) is -3.35. The summed E-state index contributed by atoms with van der Waals surface area (Å²) in [6.07, 6.45) is 1.05. The van der Waals surface area contributed by atoms with E-state index in [1.54, 1.807) is 18.2 Å². The Bertz CT molecular complexity index is 823. The summed E-state index contributed by atoms with van der Waals surface area (Å²) in [6, 6.07) is 10.4. The zero-order valence-electron chi connectivity index (χ0n) is 12.0. The first-order chi connectivity index (χ1) is 10.7. The molecule has 0 bridgehead atoms. The molecule has 0 unspecified atom stereocenters. The Morgan fingerprint density at radius 2 is 1.87 bits per heavy atom. The number of carbonyl (C=O) groups is 1. The van der Waals surface area contributed by atoms with Gasteiger partial charge in [-0.15, -0.1) is 11.8 Å². The molecule has 8 heteroatoms. The van der Waals surface area contributed by atoms with Crippen molar-refractivity contribution in [1.82, 2.24) is 0 Å². The number of Topliss-reactive ketones (excluding diaryl/α,β-unsaturated/α-hetero) is 1. The Morgan fingerprint density at radius 1 is 1.22 bits per heavy atom. The van der Waals surface area contributed by atoms with Crippen LogP contribution >= 0.6 is 23.4 Å². The first kappa shape index (κ1) is 17.8. The summed E-state index contributed by atoms with van der Waals surface area (Å²) in [5.41, 5.74) is 0.853. The molecule has 0 aliphatic carbocycles. The normalized spacial score (nSPS) is 11.3. The fourth-order valence-electron chi connectivity index (χ4n) is 1.74. The minimum absolute atomic E-state index is 0.0126. The zero-order chi connectivity index (χ0) is 17.0. The van der Waals surface area contributed by atoms with Crippen molar-refractivity contribution in [3.05, 3.63) is 58.9 Å². The number of anilines is 1. The summed E-state index contributed by atoms with van der Waals surface area (Å²) in [6.45, 7) is 0. The van der Waals surface area contributed by atoms with E-state index in [0.29, 0.717) is 16.1 Å². The molecule has 0 amide bonds. The molecular formula is C15H13ClFNO3S2. The molecule has 1 N–H and O–H groups in total. The number of carbonyl (C=O) groups excluding carboxylic acids is 1. The van der Waals surface area contributed by atoms with Crippen LogP contribution in [0.4, 0.5) is 10.1 Å². The van der Waals surface area contributed by atoms with Crippen molar-refractivity contribution in [3.8, 4) is 0 Å². The number of ketones is 1. The Labute approximate surface area is 143 Å². The molecule has 0 heterocycles. The topological polar surface area (TPSA) is 63.2 Å². The maximum absolute atomic E-state index is 13.1. The van der Waals surface area contributed by atoms with Crippen molar-refractivity contribution >= 4 is 44.9 Å². The number of halogens is 2. The third kappa shape index (κ3) is 5.53. The van der Waals surface area contributed by atoms with Gasteiger partial charge in [-0.3, -0.25) is 9.52 Å². The molecule has 0 aliphatic rings. The van der Waals surface area contributed by atoms with Gasteiger partial charge in [0.05, 0.1) is 17.0 Å². The number of thioether (sulfide) groups is 1. The number of nitrogens with one attached hydrogen (secondary N) is 1. The molecule has 0 aliphatic heterocycles. The van der Waals surface area contributed by atoms with E-state index in [-0.39, 0.29) is 16.6 Å². The molecule has 0 spiro atoms. The van der Waals surface area contributed by atoms with E-state index in [9.17, 15) is 17.6 Å². The van der Waals surface area contributed by atoms with Crippen LogP contribution in [-0.4, -0.2) is 26.2 Å². The van der Waals surface area contributed by atoms with Crippen molar-refractivity contribution in [2.24, 2.45) is 0 Å². The molecule has 0 saturated carbocycles. The molecule has 122 valence electrons. The van der Waals surface area contributed by atoms with Crippen LogP contribution < -0.4 is 4.72 Å². The maximum Gasteiger partial charge on any atom is 0.229 e. The van der Waals surface area contributed by atoms with E-state index >= 15 is 0 Å². The molecule has 0 radical (unpaired) electrons. The van der Waals surface area contributed by atoms with Crippen molar-refractivity contribution in [1.29, 1.82) is 0 Å². The van der Waals surface area contributed by atoms with E-state index in [2.05, 4.69) is 4.72 Å². The van der Waals surface area contributed by atoms with E-state index < -0.39 is 15.8 Å². The van der Waals surface area contributed by atoms with Crippen LogP contribution in [0.3, 0.4) is 0 Å². The highest BCUT2D eigenvalue weighted by atomic mass is 35.5. The molecule has 2 rings (SSSR count). The quantitative estimate of drug-likeness (QED) is 0.617. The lowest BCUT2D eigenvalue weighted by Crippen LogP contribution is -2.10. The largest absolute Gasteiger partial charge is 0.293 e. The van der Waals surface area contributed by atoms with Crippen molar-refractivity contribution < 1.29 is 17.6 Å². The van der Waals surface area contributed by atoms with Crippen LogP contribution in [0.2, 0.25) is 5.02 Å². The Hall–Kier alpha value is -1.57. The van der Waals surface area contributed by atoms with Gasteiger partial charge in [0.25, 0.3) is 0 Å². The highest BCUT2D eigenvalue weighted by Gasteiger charge is 2.09. The van der Waals surface area contributed by atoms with Crippen molar-refractivity contribution in [2.45, 2.75) is 4.90 Å². The first-order valence-corrected chi connectivity index (χ1v) is 9.69. The number of rotatable bonds is 6. The molecule has 4 nitrogen and oxygen atoms in total. The lowest BCUT2D eigenvalue weighted by Gasteiger charge is -2.06. The summed E-state index contributed by atoms with van der Waals surface area (Å²) >= 11 is 6.94. The highest BCUT2D eigenvalue weighted by Crippen LogP contribution is 2.25. The third-order valence-electron chi connectivity index (χ3n) is 2.77. The van der Waals surface area contributed by atoms with Crippen LogP contribution in [-0.2, 0) is 10.0 Å². The molecular weight excluding hydrogens is 361 g/mol. The first-order valence-electron chi connectivity index (χ1n) is 6.43. The predicted molar refractivity (Wildman–Crippen MR) is 91.4 cm³/mol. The Kier molecular flexibility index (Phi) is 5.67. The van der Waals surface area contributed by atoms with Crippen LogP contribution in [0, 0.1) is 5.82 Å². The summed E-state index contributed by atoms with van der Waals surface area (Å²) in [4.78, 5) is 12.8. The molecule has 2 aromatic carbocycles. The minimum atomic E-state index is -3.35. The molecule has 0 atom stereocenters. The fourth-order valence-corrected chi connectivity index (χ4v) is 3.38. The standard InChI is InChI=1S/C15H13ClFNO3S2/c1-23(20,21)18-11-4-2-10(3-5-11)15(19)9-22-12-6-7-14(17)13(16)8-12/h2-8,18H,9H2,1H3. The van der Waals surface area contributed by atoms with E-state index in [0.717, 1.165) is 6.26 Å². The van der Waals surface area contributed by atoms with Gasteiger partial charge in [-0.05, 0) is 42.5 Å². The monoisotopic (exact) mass is 373 g/mol. The van der Waals surface area contributed by atoms with Crippen molar-refractivity contribution in [2.75, 3.05) is 16.7 Å². The summed E-state index contributed by atoms with van der Waals surface area (Å²) < 4.78 is 37.6. The fraction of sp³-hybridized carbons (Fsp3) is 0.133. The molecule has 23 heavy (non-hydrogen) atoms. The molecule has 0 fully saturated rings. The second-order valence-electron chi connectivity index (χ2n) is 4.74. The van der Waals surface area contributed by atoms with Crippen LogP contribution in [0.25, 0.3) is 0 Å². The van der Waals surface area contributed by atoms with Crippen LogP contribution in [0.15, 0.2) is 47.4 Å². The van der Waals surface area contributed by atoms with Gasteiger partial charge in [-0.25, -0.2) is 12.8 Å². The summed E-state index contributed by atoms with van der Waals surface area (Å²) in [5.74, 6) is -0.460. The van der Waals surface area contributed by atoms with Gasteiger partial charge >= 0.3 is 0 Å². The molecule has 0 aromatic heterocycles. The number of benzene rings is 2. The number of sulfonamides is 1. The number of hydrogen-bond donors (Lipinski definition) is 1. The second-order valence-corrected chi connectivity index (χ2v) is 7.94. The van der Waals surface area contributed by atoms with Crippen LogP contribution in [0.5, 0.6) is 0 Å². The second kappa shape index (κ2) is 7.33. The molecule has 2 aromatic rings. The summed E-state index contributed by atoms with van der Waals surface area (Å²) in [5, 5.41) is 0.0126. The van der Waals surface area contributed by atoms with E-state index in [1.165, 1.54) is 36.0 Å². The minimum Gasteiger partial charge on any atom is -0.293 e. The third-order valence-corrected chi connectivity index (χ3v) is 4.66. The zero-order valence-corrected chi connectivity index (χ0v) is 14.4. The SMILES string of the molecule is CS(=O)(=O)Nc1ccc(C(=O)CSc2ccc(F)c(Cl)c2)cc1. The van der Waals surface area contributed by atoms with Gasteiger partial charge in [0.2, 0.25) is 10.0 Å². The van der Waals surface area contributed by atoms with Gasteiger partial charge in [-0.1, -0.05) is 11.6 Å². The number of hydrogen-bond acceptors (Lipinski definition) is 4. The molecule has 0 saturated heterocycles. The van der Waals surface area contributed by atoms with Crippen LogP contribution in [0.1, 0.15) is 10.4 Å². The van der Waals surface area contributed by atoms with Gasteiger partial charge < -0.3 is 0 Å². The predicted octanol–water partition coefficient (Wildman–Crippen LogP) is 3.83. The van der Waals surface area contributed by atoms with Gasteiger partial charge in [0.15, 0.2) is 5.78 Å². The van der Waals surface area contributed by atoms with Crippen molar-refractivity contribution in [3.63, 3.8) is 0 Å². The highest BCUT2D eigenvalue weighted by molar-refractivity contribution is 8.00. The maximum atomic E-state index is 13.1. The van der Waals surface area contributed by atoms with Gasteiger partial charge in [0.1, 0.15) is 5.82 Å². The Morgan fingerprint density at radius 3 is 2.43 bits per heavy atom. The average Bonchev–Trinajstić information content (AvgIpc) is 2.47. The average molecular weight is 374 g/mol. The smallest absolute Gasteiger partial charge is 0.229 e.